The zero-order valence-electron chi connectivity index (χ0n) is 26.2. The second-order valence-corrected chi connectivity index (χ2v) is 11.4. The number of carboxylic acids is 1. The molecule has 7 rings (SSSR count). The molecule has 2 aromatic heterocycles. The maximum Gasteiger partial charge on any atom is 0.300 e. The van der Waals surface area contributed by atoms with E-state index in [0.717, 1.165) is 55.1 Å². The van der Waals surface area contributed by atoms with Gasteiger partial charge < -0.3 is 34.8 Å². The van der Waals surface area contributed by atoms with E-state index in [4.69, 9.17) is 30.1 Å². The molecule has 0 amide bonds. The van der Waals surface area contributed by atoms with Crippen LogP contribution in [0.25, 0.3) is 33.2 Å². The zero-order chi connectivity index (χ0) is 32.8. The van der Waals surface area contributed by atoms with E-state index in [9.17, 15) is 4.79 Å². The van der Waals surface area contributed by atoms with Crippen LogP contribution in [-0.4, -0.2) is 45.4 Å². The van der Waals surface area contributed by atoms with E-state index in [1.807, 2.05) is 24.4 Å². The minimum atomic E-state index is -0.833. The standard InChI is InChI=1S/C35H33N5O3.C2H4O2/c36-14-7-15-39-23-28(34-35(41)38-30-20-33-32(19-29(30)37-34)42-16-17-43-33)27-18-26(12-13-31(27)39)40(21-24-8-3-1-4-9-24)22-25-10-5-2-6-11-25;1-2(3)4/h1-6,8-13,18-20,23H,7,14-17,21-22,36H2,(H,38,41);1H3,(H,3,4). The van der Waals surface area contributed by atoms with Crippen LogP contribution >= 0.6 is 0 Å². The van der Waals surface area contributed by atoms with Gasteiger partial charge in [-0.15, -0.1) is 0 Å². The maximum atomic E-state index is 13.5. The summed E-state index contributed by atoms with van der Waals surface area (Å²) in [6, 6.07) is 31.1. The minimum absolute atomic E-state index is 0.252. The largest absolute Gasteiger partial charge is 0.486 e. The van der Waals surface area contributed by atoms with Gasteiger partial charge >= 0.3 is 0 Å². The van der Waals surface area contributed by atoms with Crippen LogP contribution < -0.4 is 25.7 Å². The summed E-state index contributed by atoms with van der Waals surface area (Å²) < 4.78 is 13.7. The third-order valence-corrected chi connectivity index (χ3v) is 7.88. The molecule has 1 aliphatic heterocycles. The van der Waals surface area contributed by atoms with Gasteiger partial charge in [-0.2, -0.15) is 0 Å². The lowest BCUT2D eigenvalue weighted by Crippen LogP contribution is -2.22. The molecule has 0 spiro atoms. The van der Waals surface area contributed by atoms with Crippen LogP contribution in [-0.2, 0) is 24.4 Å². The Bertz CT molecular complexity index is 2010. The number of hydrogen-bond acceptors (Lipinski definition) is 7. The summed E-state index contributed by atoms with van der Waals surface area (Å²) >= 11 is 0. The number of ether oxygens (including phenoxy) is 2. The van der Waals surface area contributed by atoms with Crippen LogP contribution in [0.3, 0.4) is 0 Å². The topological polar surface area (TPSA) is 136 Å². The molecule has 0 atom stereocenters. The Morgan fingerprint density at radius 1 is 0.936 bits per heavy atom. The summed E-state index contributed by atoms with van der Waals surface area (Å²) in [5, 5.41) is 8.38. The van der Waals surface area contributed by atoms with Gasteiger partial charge in [0.05, 0.1) is 11.0 Å². The van der Waals surface area contributed by atoms with Gasteiger partial charge in [-0.1, -0.05) is 60.7 Å². The smallest absolute Gasteiger partial charge is 0.300 e. The van der Waals surface area contributed by atoms with E-state index >= 15 is 0 Å². The number of nitrogens with one attached hydrogen (secondary N) is 1. The highest BCUT2D eigenvalue weighted by Gasteiger charge is 2.20. The van der Waals surface area contributed by atoms with Crippen molar-refractivity contribution in [2.75, 3.05) is 24.7 Å². The molecular formula is C37H37N5O5. The molecule has 6 aromatic rings. The van der Waals surface area contributed by atoms with Crippen molar-refractivity contribution in [1.29, 1.82) is 0 Å². The molecule has 0 unspecified atom stereocenters. The van der Waals surface area contributed by atoms with Crippen molar-refractivity contribution in [2.45, 2.75) is 33.0 Å². The summed E-state index contributed by atoms with van der Waals surface area (Å²) in [6.45, 7) is 4.85. The van der Waals surface area contributed by atoms with Crippen LogP contribution in [0.1, 0.15) is 24.5 Å². The molecule has 47 heavy (non-hydrogen) atoms. The van der Waals surface area contributed by atoms with Gasteiger partial charge in [0.2, 0.25) is 0 Å². The van der Waals surface area contributed by atoms with Crippen LogP contribution in [0.5, 0.6) is 11.5 Å². The second-order valence-electron chi connectivity index (χ2n) is 11.4. The van der Waals surface area contributed by atoms with Gasteiger partial charge in [0.15, 0.2) is 11.5 Å². The summed E-state index contributed by atoms with van der Waals surface area (Å²) in [6.07, 6.45) is 2.86. The highest BCUT2D eigenvalue weighted by Crippen LogP contribution is 2.36. The minimum Gasteiger partial charge on any atom is -0.486 e. The number of fused-ring (bicyclic) bond motifs is 3. The van der Waals surface area contributed by atoms with Crippen LogP contribution in [0.4, 0.5) is 5.69 Å². The summed E-state index contributed by atoms with van der Waals surface area (Å²) in [4.78, 5) is 32.8. The molecule has 3 heterocycles. The normalized spacial score (nSPS) is 12.0. The van der Waals surface area contributed by atoms with Crippen molar-refractivity contribution in [3.8, 4) is 22.8 Å². The fourth-order valence-electron chi connectivity index (χ4n) is 5.77. The highest BCUT2D eigenvalue weighted by molar-refractivity contribution is 5.98. The van der Waals surface area contributed by atoms with Gasteiger partial charge in [-0.3, -0.25) is 9.59 Å². The first-order valence-electron chi connectivity index (χ1n) is 15.6. The van der Waals surface area contributed by atoms with Gasteiger partial charge in [0.1, 0.15) is 18.9 Å². The summed E-state index contributed by atoms with van der Waals surface area (Å²) in [5.74, 6) is 0.415. The van der Waals surface area contributed by atoms with Crippen LogP contribution in [0.2, 0.25) is 0 Å². The Kier molecular flexibility index (Phi) is 9.49. The maximum absolute atomic E-state index is 13.5. The van der Waals surface area contributed by atoms with Crippen molar-refractivity contribution in [3.05, 3.63) is 119 Å². The molecule has 0 aliphatic carbocycles. The fourth-order valence-corrected chi connectivity index (χ4v) is 5.77. The third-order valence-electron chi connectivity index (χ3n) is 7.88. The van der Waals surface area contributed by atoms with E-state index in [0.29, 0.717) is 48.0 Å². The lowest BCUT2D eigenvalue weighted by molar-refractivity contribution is -0.134. The number of aliphatic carboxylic acids is 1. The van der Waals surface area contributed by atoms with Gasteiger partial charge in [0.25, 0.3) is 11.5 Å². The number of H-pyrrole nitrogens is 1. The first kappa shape index (κ1) is 31.4. The molecular weight excluding hydrogens is 594 g/mol. The molecule has 4 N–H and O–H groups in total. The lowest BCUT2D eigenvalue weighted by Gasteiger charge is -2.26. The molecule has 240 valence electrons. The van der Waals surface area contributed by atoms with Gasteiger partial charge in [-0.05, 0) is 42.3 Å². The van der Waals surface area contributed by atoms with E-state index in [1.165, 1.54) is 11.1 Å². The van der Waals surface area contributed by atoms with Crippen LogP contribution in [0, 0.1) is 0 Å². The molecule has 0 saturated carbocycles. The third kappa shape index (κ3) is 7.29. The van der Waals surface area contributed by atoms with Crippen molar-refractivity contribution in [2.24, 2.45) is 5.73 Å². The Balaban J connectivity index is 0.000000915. The SMILES string of the molecule is CC(=O)O.NCCCn1cc(-c2nc3cc4c(cc3[nH]c2=O)OCCO4)c2cc(N(Cc3ccccc3)Cc3ccccc3)ccc21. The number of carbonyl (C=O) groups is 1. The first-order valence-corrected chi connectivity index (χ1v) is 15.6. The molecule has 0 radical (unpaired) electrons. The quantitative estimate of drug-likeness (QED) is 0.178. The number of nitrogens with two attached hydrogens (primary N) is 1. The molecule has 10 nitrogen and oxygen atoms in total. The summed E-state index contributed by atoms with van der Waals surface area (Å²) in [7, 11) is 0. The molecule has 1 aliphatic rings. The average molecular weight is 632 g/mol. The molecule has 4 aromatic carbocycles. The molecule has 0 bridgehead atoms. The highest BCUT2D eigenvalue weighted by atomic mass is 16.6. The number of hydrogen-bond donors (Lipinski definition) is 3. The first-order chi connectivity index (χ1) is 22.9. The van der Waals surface area contributed by atoms with Crippen molar-refractivity contribution < 1.29 is 19.4 Å². The average Bonchev–Trinajstić information content (AvgIpc) is 3.44. The number of anilines is 1. The number of nitrogens with zero attached hydrogens (tertiary/aromatic N) is 3. The Morgan fingerprint density at radius 2 is 1.55 bits per heavy atom. The van der Waals surface area contributed by atoms with Crippen molar-refractivity contribution in [1.82, 2.24) is 14.5 Å². The Morgan fingerprint density at radius 3 is 2.17 bits per heavy atom. The van der Waals surface area contributed by atoms with Crippen LogP contribution in [0.15, 0.2) is 102 Å². The Hall–Kier alpha value is -5.61. The lowest BCUT2D eigenvalue weighted by atomic mass is 10.1. The molecule has 10 heteroatoms. The predicted octanol–water partition coefficient (Wildman–Crippen LogP) is 5.96. The van der Waals surface area contributed by atoms with Gasteiger partial charge in [0, 0.05) is 67.0 Å². The number of aryl methyl sites for hydroxylation is 1. The fraction of sp³-hybridized carbons (Fsp3) is 0.216. The van der Waals surface area contributed by atoms with E-state index in [2.05, 4.69) is 81.2 Å². The number of aromatic nitrogens is 3. The van der Waals surface area contributed by atoms with Crippen molar-refractivity contribution >= 4 is 33.6 Å². The number of rotatable bonds is 9. The molecule has 0 saturated heterocycles. The van der Waals surface area contributed by atoms with Crippen molar-refractivity contribution in [3.63, 3.8) is 0 Å². The number of carboxylic acid groups (broad SMARTS) is 1. The summed E-state index contributed by atoms with van der Waals surface area (Å²) in [5.41, 5.74) is 12.6. The van der Waals surface area contributed by atoms with Gasteiger partial charge in [-0.25, -0.2) is 4.98 Å². The Labute approximate surface area is 272 Å². The zero-order valence-corrected chi connectivity index (χ0v) is 26.2. The van der Waals surface area contributed by atoms with E-state index in [-0.39, 0.29) is 5.56 Å². The number of benzene rings is 4. The van der Waals surface area contributed by atoms with E-state index in [1.54, 1.807) is 6.07 Å². The second kappa shape index (κ2) is 14.2. The van der Waals surface area contributed by atoms with E-state index < -0.39 is 5.97 Å². The monoisotopic (exact) mass is 631 g/mol. The molecule has 0 fully saturated rings. The number of aromatic amines is 1. The predicted molar refractivity (Wildman–Crippen MR) is 184 cm³/mol.